The molecule has 0 N–H and O–H groups in total. The van der Waals surface area contributed by atoms with Gasteiger partial charge in [0.2, 0.25) is 0 Å². The highest BCUT2D eigenvalue weighted by atomic mass is 32.2. The molecular formula is C23H20OS. The predicted octanol–water partition coefficient (Wildman–Crippen LogP) is 6.78. The van der Waals surface area contributed by atoms with Crippen LogP contribution in [0.2, 0.25) is 0 Å². The molecule has 2 heteroatoms. The Bertz CT molecular complexity index is 1050. The Morgan fingerprint density at radius 2 is 1.32 bits per heavy atom. The lowest BCUT2D eigenvalue weighted by Gasteiger charge is -2.18. The third kappa shape index (κ3) is 2.77. The van der Waals surface area contributed by atoms with Crippen LogP contribution in [0.15, 0.2) is 77.7 Å². The first-order chi connectivity index (χ1) is 12.3. The summed E-state index contributed by atoms with van der Waals surface area (Å²) in [6, 6.07) is 25.8. The molecule has 0 heterocycles. The van der Waals surface area contributed by atoms with Gasteiger partial charge in [-0.3, -0.25) is 0 Å². The maximum atomic E-state index is 6.04. The highest BCUT2D eigenvalue weighted by Gasteiger charge is 2.17. The molecule has 0 bridgehead atoms. The Hall–Kier alpha value is -2.45. The molecule has 0 unspecified atom stereocenters. The lowest BCUT2D eigenvalue weighted by Crippen LogP contribution is -1.96. The van der Waals surface area contributed by atoms with E-state index < -0.39 is 0 Å². The standard InChI is InChI=1S/C23H20OS/c1-3-24-20-14-12-16-8-4-6-10-18(16)22(20)23-19-11-7-5-9-17(19)13-15-21(23)25-2/h4-15H,3H2,1-2H3. The van der Waals surface area contributed by atoms with Crippen molar-refractivity contribution in [3.8, 4) is 16.9 Å². The van der Waals surface area contributed by atoms with Gasteiger partial charge < -0.3 is 4.74 Å². The van der Waals surface area contributed by atoms with Gasteiger partial charge in [0, 0.05) is 16.0 Å². The Balaban J connectivity index is 2.17. The first-order valence-electron chi connectivity index (χ1n) is 8.54. The Morgan fingerprint density at radius 3 is 1.96 bits per heavy atom. The Labute approximate surface area is 152 Å². The van der Waals surface area contributed by atoms with Crippen molar-refractivity contribution in [2.45, 2.75) is 11.8 Å². The molecule has 4 aromatic rings. The first-order valence-corrected chi connectivity index (χ1v) is 9.76. The van der Waals surface area contributed by atoms with Crippen LogP contribution in [-0.4, -0.2) is 12.9 Å². The van der Waals surface area contributed by atoms with E-state index in [0.717, 1.165) is 5.75 Å². The Morgan fingerprint density at radius 1 is 0.720 bits per heavy atom. The van der Waals surface area contributed by atoms with Crippen LogP contribution in [-0.2, 0) is 0 Å². The van der Waals surface area contributed by atoms with Crippen molar-refractivity contribution in [2.75, 3.05) is 12.9 Å². The fraction of sp³-hybridized carbons (Fsp3) is 0.130. The minimum atomic E-state index is 0.657. The van der Waals surface area contributed by atoms with Crippen LogP contribution < -0.4 is 4.74 Å². The molecule has 0 atom stereocenters. The number of ether oxygens (including phenoxy) is 1. The first kappa shape index (κ1) is 16.0. The smallest absolute Gasteiger partial charge is 0.127 e. The van der Waals surface area contributed by atoms with E-state index in [1.807, 2.05) is 6.92 Å². The topological polar surface area (TPSA) is 9.23 Å². The van der Waals surface area contributed by atoms with Gasteiger partial charge in [-0.15, -0.1) is 11.8 Å². The summed E-state index contributed by atoms with van der Waals surface area (Å²) in [4.78, 5) is 1.27. The molecule has 0 saturated heterocycles. The zero-order valence-electron chi connectivity index (χ0n) is 14.5. The summed E-state index contributed by atoms with van der Waals surface area (Å²) in [7, 11) is 0. The number of fused-ring (bicyclic) bond motifs is 2. The molecule has 0 aliphatic heterocycles. The molecule has 0 saturated carbocycles. The molecule has 0 fully saturated rings. The van der Waals surface area contributed by atoms with Crippen molar-refractivity contribution in [3.63, 3.8) is 0 Å². The molecule has 1 nitrogen and oxygen atoms in total. The molecular weight excluding hydrogens is 324 g/mol. The maximum Gasteiger partial charge on any atom is 0.127 e. The van der Waals surface area contributed by atoms with Gasteiger partial charge in [0.25, 0.3) is 0 Å². The zero-order chi connectivity index (χ0) is 17.2. The Kier molecular flexibility index (Phi) is 4.37. The number of rotatable bonds is 4. The van der Waals surface area contributed by atoms with E-state index in [1.165, 1.54) is 37.6 Å². The van der Waals surface area contributed by atoms with Gasteiger partial charge in [0.05, 0.1) is 6.61 Å². The van der Waals surface area contributed by atoms with Gasteiger partial charge in [-0.1, -0.05) is 60.7 Å². The predicted molar refractivity (Wildman–Crippen MR) is 110 cm³/mol. The summed E-state index contributed by atoms with van der Waals surface area (Å²) in [5.74, 6) is 0.952. The molecule has 0 spiro atoms. The van der Waals surface area contributed by atoms with Crippen molar-refractivity contribution in [3.05, 3.63) is 72.8 Å². The van der Waals surface area contributed by atoms with Crippen molar-refractivity contribution in [1.29, 1.82) is 0 Å². The summed E-state index contributed by atoms with van der Waals surface area (Å²) in [5.41, 5.74) is 2.46. The SMILES string of the molecule is CCOc1ccc2ccccc2c1-c1c(SC)ccc2ccccc12. The lowest BCUT2D eigenvalue weighted by atomic mass is 9.93. The summed E-state index contributed by atoms with van der Waals surface area (Å²) in [6.07, 6.45) is 2.14. The van der Waals surface area contributed by atoms with Crippen molar-refractivity contribution < 1.29 is 4.74 Å². The highest BCUT2D eigenvalue weighted by Crippen LogP contribution is 2.44. The second-order valence-electron chi connectivity index (χ2n) is 5.96. The second kappa shape index (κ2) is 6.81. The van der Waals surface area contributed by atoms with Crippen LogP contribution in [0.1, 0.15) is 6.92 Å². The second-order valence-corrected chi connectivity index (χ2v) is 6.80. The molecule has 0 aliphatic carbocycles. The summed E-state index contributed by atoms with van der Waals surface area (Å²) < 4.78 is 6.04. The van der Waals surface area contributed by atoms with E-state index in [4.69, 9.17) is 4.74 Å². The van der Waals surface area contributed by atoms with Crippen LogP contribution in [0.5, 0.6) is 5.75 Å². The molecule has 4 rings (SSSR count). The molecule has 4 aromatic carbocycles. The quantitative estimate of drug-likeness (QED) is 0.377. The monoisotopic (exact) mass is 344 g/mol. The van der Waals surface area contributed by atoms with E-state index in [-0.39, 0.29) is 0 Å². The van der Waals surface area contributed by atoms with Crippen LogP contribution in [0.25, 0.3) is 32.7 Å². The molecule has 0 aromatic heterocycles. The van der Waals surface area contributed by atoms with E-state index in [2.05, 4.69) is 79.1 Å². The normalized spacial score (nSPS) is 11.1. The van der Waals surface area contributed by atoms with Gasteiger partial charge in [-0.05, 0) is 46.9 Å². The van der Waals surface area contributed by atoms with Gasteiger partial charge in [-0.2, -0.15) is 0 Å². The van der Waals surface area contributed by atoms with Crippen LogP contribution in [0.4, 0.5) is 0 Å². The van der Waals surface area contributed by atoms with Crippen molar-refractivity contribution in [1.82, 2.24) is 0 Å². The molecule has 0 radical (unpaired) electrons. The van der Waals surface area contributed by atoms with Crippen molar-refractivity contribution in [2.24, 2.45) is 0 Å². The number of benzene rings is 4. The van der Waals surface area contributed by atoms with Crippen LogP contribution in [0.3, 0.4) is 0 Å². The fourth-order valence-electron chi connectivity index (χ4n) is 3.46. The van der Waals surface area contributed by atoms with Crippen LogP contribution >= 0.6 is 11.8 Å². The molecule has 25 heavy (non-hydrogen) atoms. The van der Waals surface area contributed by atoms with E-state index in [1.54, 1.807) is 11.8 Å². The van der Waals surface area contributed by atoms with Gasteiger partial charge in [-0.25, -0.2) is 0 Å². The largest absolute Gasteiger partial charge is 0.493 e. The van der Waals surface area contributed by atoms with E-state index >= 15 is 0 Å². The lowest BCUT2D eigenvalue weighted by molar-refractivity contribution is 0.342. The summed E-state index contributed by atoms with van der Waals surface area (Å²) in [5, 5.41) is 5.00. The molecule has 124 valence electrons. The minimum Gasteiger partial charge on any atom is -0.493 e. The van der Waals surface area contributed by atoms with E-state index in [0.29, 0.717) is 6.61 Å². The average Bonchev–Trinajstić information content (AvgIpc) is 2.67. The van der Waals surface area contributed by atoms with E-state index in [9.17, 15) is 0 Å². The van der Waals surface area contributed by atoms with Gasteiger partial charge in [0.1, 0.15) is 5.75 Å². The average molecular weight is 344 g/mol. The fourth-order valence-corrected chi connectivity index (χ4v) is 4.08. The minimum absolute atomic E-state index is 0.657. The van der Waals surface area contributed by atoms with Gasteiger partial charge in [0.15, 0.2) is 0 Å². The summed E-state index contributed by atoms with van der Waals surface area (Å²) in [6.45, 7) is 2.70. The third-order valence-electron chi connectivity index (χ3n) is 4.55. The van der Waals surface area contributed by atoms with Crippen molar-refractivity contribution >= 4 is 33.3 Å². The molecule has 0 aliphatic rings. The number of hydrogen-bond acceptors (Lipinski definition) is 2. The number of thioether (sulfide) groups is 1. The van der Waals surface area contributed by atoms with Crippen LogP contribution in [0, 0.1) is 0 Å². The maximum absolute atomic E-state index is 6.04. The third-order valence-corrected chi connectivity index (χ3v) is 5.33. The summed E-state index contributed by atoms with van der Waals surface area (Å²) >= 11 is 1.78. The number of hydrogen-bond donors (Lipinski definition) is 0. The van der Waals surface area contributed by atoms with Gasteiger partial charge >= 0.3 is 0 Å². The molecule has 0 amide bonds. The highest BCUT2D eigenvalue weighted by molar-refractivity contribution is 7.98. The zero-order valence-corrected chi connectivity index (χ0v) is 15.3.